The molecule has 1 aliphatic rings. The number of ether oxygens (including phenoxy) is 2. The van der Waals surface area contributed by atoms with E-state index < -0.39 is 10.0 Å². The summed E-state index contributed by atoms with van der Waals surface area (Å²) in [5.41, 5.74) is 0.426. The van der Waals surface area contributed by atoms with Crippen LogP contribution in [0.1, 0.15) is 5.56 Å². The van der Waals surface area contributed by atoms with E-state index in [-0.39, 0.29) is 30.2 Å². The van der Waals surface area contributed by atoms with Crippen LogP contribution in [0, 0.1) is 11.3 Å². The Balaban J connectivity index is 2.25. The summed E-state index contributed by atoms with van der Waals surface area (Å²) in [6, 6.07) is 7.82. The van der Waals surface area contributed by atoms with E-state index in [9.17, 15) is 8.42 Å². The monoisotopic (exact) mass is 296 g/mol. The zero-order valence-electron chi connectivity index (χ0n) is 11.3. The highest BCUT2D eigenvalue weighted by Crippen LogP contribution is 2.24. The van der Waals surface area contributed by atoms with Crippen LogP contribution < -0.4 is 0 Å². The van der Waals surface area contributed by atoms with Gasteiger partial charge >= 0.3 is 0 Å². The fourth-order valence-corrected chi connectivity index (χ4v) is 3.67. The maximum atomic E-state index is 12.5. The molecule has 1 fully saturated rings. The summed E-state index contributed by atoms with van der Waals surface area (Å²) in [4.78, 5) is 0.170. The number of hydrogen-bond acceptors (Lipinski definition) is 5. The van der Waals surface area contributed by atoms with E-state index in [2.05, 4.69) is 0 Å². The molecule has 0 aliphatic carbocycles. The average molecular weight is 296 g/mol. The Morgan fingerprint density at radius 1 is 1.15 bits per heavy atom. The molecule has 20 heavy (non-hydrogen) atoms. The van der Waals surface area contributed by atoms with Crippen molar-refractivity contribution in [2.24, 2.45) is 0 Å². The van der Waals surface area contributed by atoms with Gasteiger partial charge in [-0.05, 0) is 24.3 Å². The first-order valence-corrected chi connectivity index (χ1v) is 7.53. The van der Waals surface area contributed by atoms with Crippen LogP contribution in [0.25, 0.3) is 0 Å². The van der Waals surface area contributed by atoms with Crippen molar-refractivity contribution in [2.45, 2.75) is 17.1 Å². The Morgan fingerprint density at radius 2 is 1.65 bits per heavy atom. The Kier molecular flexibility index (Phi) is 4.40. The van der Waals surface area contributed by atoms with Crippen molar-refractivity contribution in [3.05, 3.63) is 29.8 Å². The van der Waals surface area contributed by atoms with E-state index >= 15 is 0 Å². The number of rotatable bonds is 4. The lowest BCUT2D eigenvalue weighted by Gasteiger charge is -2.15. The van der Waals surface area contributed by atoms with Crippen LogP contribution in [0.15, 0.2) is 29.2 Å². The van der Waals surface area contributed by atoms with Gasteiger partial charge in [0.25, 0.3) is 0 Å². The summed E-state index contributed by atoms with van der Waals surface area (Å²) >= 11 is 0. The van der Waals surface area contributed by atoms with Gasteiger partial charge in [-0.3, -0.25) is 0 Å². The van der Waals surface area contributed by atoms with Gasteiger partial charge in [-0.25, -0.2) is 8.42 Å². The predicted molar refractivity (Wildman–Crippen MR) is 71.5 cm³/mol. The van der Waals surface area contributed by atoms with Crippen molar-refractivity contribution in [1.29, 1.82) is 5.26 Å². The third kappa shape index (κ3) is 2.69. The van der Waals surface area contributed by atoms with Gasteiger partial charge in [-0.15, -0.1) is 0 Å². The molecule has 0 saturated carbocycles. The third-order valence-electron chi connectivity index (χ3n) is 3.41. The van der Waals surface area contributed by atoms with Crippen LogP contribution in [-0.4, -0.2) is 52.2 Å². The molecule has 0 amide bonds. The fourth-order valence-electron chi connectivity index (χ4n) is 2.21. The first-order valence-electron chi connectivity index (χ1n) is 6.09. The Morgan fingerprint density at radius 3 is 2.05 bits per heavy atom. The molecule has 0 spiro atoms. The van der Waals surface area contributed by atoms with Crippen molar-refractivity contribution in [3.63, 3.8) is 0 Å². The number of nitriles is 1. The smallest absolute Gasteiger partial charge is 0.243 e. The molecule has 0 N–H and O–H groups in total. The zero-order valence-corrected chi connectivity index (χ0v) is 12.1. The van der Waals surface area contributed by atoms with Crippen LogP contribution >= 0.6 is 0 Å². The highest BCUT2D eigenvalue weighted by Gasteiger charge is 2.39. The summed E-state index contributed by atoms with van der Waals surface area (Å²) in [5.74, 6) is 0. The van der Waals surface area contributed by atoms with E-state index in [4.69, 9.17) is 14.7 Å². The molecule has 0 unspecified atom stereocenters. The fraction of sp³-hybridized carbons (Fsp3) is 0.462. The molecule has 0 bridgehead atoms. The highest BCUT2D eigenvalue weighted by molar-refractivity contribution is 7.89. The number of nitrogens with zero attached hydrogens (tertiary/aromatic N) is 2. The summed E-state index contributed by atoms with van der Waals surface area (Å²) < 4.78 is 36.8. The van der Waals surface area contributed by atoms with Crippen LogP contribution in [0.4, 0.5) is 0 Å². The van der Waals surface area contributed by atoms with Gasteiger partial charge in [0.05, 0.1) is 28.7 Å². The molecule has 1 aromatic carbocycles. The zero-order chi connectivity index (χ0) is 14.8. The van der Waals surface area contributed by atoms with E-state index in [1.807, 2.05) is 6.07 Å². The Hall–Kier alpha value is -1.46. The molecule has 0 aromatic heterocycles. The van der Waals surface area contributed by atoms with E-state index in [1.165, 1.54) is 42.8 Å². The second-order valence-electron chi connectivity index (χ2n) is 4.51. The minimum atomic E-state index is -3.59. The maximum Gasteiger partial charge on any atom is 0.243 e. The number of hydrogen-bond donors (Lipinski definition) is 0. The Bertz CT molecular complexity index is 594. The molecule has 1 saturated heterocycles. The molecule has 2 atom stereocenters. The molecule has 7 heteroatoms. The van der Waals surface area contributed by atoms with Crippen LogP contribution in [0.5, 0.6) is 0 Å². The van der Waals surface area contributed by atoms with Crippen LogP contribution in [0.2, 0.25) is 0 Å². The molecule has 0 radical (unpaired) electrons. The molecule has 108 valence electrons. The van der Waals surface area contributed by atoms with Crippen molar-refractivity contribution >= 4 is 10.0 Å². The molecule has 6 nitrogen and oxygen atoms in total. The first kappa shape index (κ1) is 14.9. The minimum absolute atomic E-state index is 0.170. The molecule has 1 heterocycles. The number of methoxy groups -OCH3 is 2. The highest BCUT2D eigenvalue weighted by atomic mass is 32.2. The van der Waals surface area contributed by atoms with Crippen molar-refractivity contribution in [2.75, 3.05) is 27.3 Å². The summed E-state index contributed by atoms with van der Waals surface area (Å²) in [7, 11) is -0.513. The van der Waals surface area contributed by atoms with Gasteiger partial charge in [0.2, 0.25) is 10.0 Å². The molecule has 1 aromatic rings. The van der Waals surface area contributed by atoms with Gasteiger partial charge in [0.15, 0.2) is 0 Å². The number of benzene rings is 1. The molecule has 2 rings (SSSR count). The molecular weight excluding hydrogens is 280 g/mol. The van der Waals surface area contributed by atoms with Crippen molar-refractivity contribution in [1.82, 2.24) is 4.31 Å². The van der Waals surface area contributed by atoms with E-state index in [0.29, 0.717) is 5.56 Å². The van der Waals surface area contributed by atoms with Gasteiger partial charge in [-0.1, -0.05) is 0 Å². The van der Waals surface area contributed by atoms with Crippen LogP contribution in [0.3, 0.4) is 0 Å². The second-order valence-corrected chi connectivity index (χ2v) is 6.44. The molecule has 1 aliphatic heterocycles. The van der Waals surface area contributed by atoms with Crippen molar-refractivity contribution in [3.8, 4) is 6.07 Å². The summed E-state index contributed by atoms with van der Waals surface area (Å²) in [6.45, 7) is 0.523. The summed E-state index contributed by atoms with van der Waals surface area (Å²) in [5, 5.41) is 8.73. The lowest BCUT2D eigenvalue weighted by atomic mass is 10.2. The van der Waals surface area contributed by atoms with Gasteiger partial charge in [-0.2, -0.15) is 9.57 Å². The first-order chi connectivity index (χ1) is 9.52. The van der Waals surface area contributed by atoms with Gasteiger partial charge < -0.3 is 9.47 Å². The quantitative estimate of drug-likeness (QED) is 0.812. The van der Waals surface area contributed by atoms with Gasteiger partial charge in [0, 0.05) is 27.3 Å². The van der Waals surface area contributed by atoms with E-state index in [0.717, 1.165) is 0 Å². The van der Waals surface area contributed by atoms with Crippen molar-refractivity contribution < 1.29 is 17.9 Å². The maximum absolute atomic E-state index is 12.5. The largest absolute Gasteiger partial charge is 0.377 e. The van der Waals surface area contributed by atoms with E-state index in [1.54, 1.807) is 0 Å². The lowest BCUT2D eigenvalue weighted by Crippen LogP contribution is -2.30. The second kappa shape index (κ2) is 5.89. The molecular formula is C13H16N2O4S. The predicted octanol–water partition coefficient (Wildman–Crippen LogP) is 0.593. The standard InChI is InChI=1S/C13H16N2O4S/c1-18-12-8-15(9-13(12)19-2)20(16,17)11-5-3-10(7-14)4-6-11/h3-6,12-13H,8-9H2,1-2H3/t12-,13-/m0/s1. The number of sulfonamides is 1. The Labute approximate surface area is 118 Å². The normalized spacial score (nSPS) is 23.6. The van der Waals surface area contributed by atoms with Gasteiger partial charge in [0.1, 0.15) is 0 Å². The SMILES string of the molecule is CO[C@H]1CN(S(=O)(=O)c2ccc(C#N)cc2)C[C@@H]1OC. The third-order valence-corrected chi connectivity index (χ3v) is 5.25. The lowest BCUT2D eigenvalue weighted by molar-refractivity contribution is -0.00461. The summed E-state index contributed by atoms with van der Waals surface area (Å²) in [6.07, 6.45) is -0.540. The minimum Gasteiger partial charge on any atom is -0.377 e. The van der Waals surface area contributed by atoms with Crippen LogP contribution in [-0.2, 0) is 19.5 Å². The topological polar surface area (TPSA) is 79.6 Å². The average Bonchev–Trinajstić information content (AvgIpc) is 2.91.